The molecular formula is C16H17N3O2S. The minimum Gasteiger partial charge on any atom is -0.264 e. The van der Waals surface area contributed by atoms with E-state index in [-0.39, 0.29) is 10.5 Å². The third-order valence-corrected chi connectivity index (χ3v) is 4.72. The number of aryl methyl sites for hydroxylation is 1. The normalized spacial score (nSPS) is 11.0. The maximum Gasteiger partial charge on any atom is 0.241 e. The summed E-state index contributed by atoms with van der Waals surface area (Å²) in [6, 6.07) is 12.0. The fourth-order valence-electron chi connectivity index (χ4n) is 2.08. The van der Waals surface area contributed by atoms with Crippen LogP contribution < -0.4 is 4.72 Å². The molecule has 0 aliphatic carbocycles. The van der Waals surface area contributed by atoms with E-state index in [1.807, 2.05) is 24.4 Å². The van der Waals surface area contributed by atoms with Crippen molar-refractivity contribution in [2.75, 3.05) is 6.54 Å². The molecule has 1 aromatic heterocycles. The molecule has 1 heterocycles. The maximum absolute atomic E-state index is 12.2. The minimum atomic E-state index is -3.63. The van der Waals surface area contributed by atoms with Crippen LogP contribution in [0, 0.1) is 11.3 Å². The van der Waals surface area contributed by atoms with Gasteiger partial charge >= 0.3 is 0 Å². The van der Waals surface area contributed by atoms with Crippen LogP contribution in [-0.2, 0) is 16.4 Å². The number of sulfonamides is 1. The molecule has 0 saturated heterocycles. The molecule has 0 bridgehead atoms. The lowest BCUT2D eigenvalue weighted by molar-refractivity contribution is 0.576. The molecule has 0 atom stereocenters. The van der Waals surface area contributed by atoms with Crippen LogP contribution in [0.3, 0.4) is 0 Å². The lowest BCUT2D eigenvalue weighted by Gasteiger charge is -2.08. The van der Waals surface area contributed by atoms with E-state index in [2.05, 4.69) is 9.71 Å². The zero-order valence-electron chi connectivity index (χ0n) is 12.1. The molecule has 0 unspecified atom stereocenters. The van der Waals surface area contributed by atoms with Gasteiger partial charge in [0.05, 0.1) is 10.5 Å². The third kappa shape index (κ3) is 4.38. The second-order valence-corrected chi connectivity index (χ2v) is 6.56. The average Bonchev–Trinajstić information content (AvgIpc) is 2.55. The first-order valence-electron chi connectivity index (χ1n) is 7.01. The summed E-state index contributed by atoms with van der Waals surface area (Å²) in [5, 5.41) is 8.97. The number of aromatic nitrogens is 1. The van der Waals surface area contributed by atoms with Gasteiger partial charge in [-0.05, 0) is 43.0 Å². The van der Waals surface area contributed by atoms with Gasteiger partial charge in [0.15, 0.2) is 0 Å². The Kier molecular flexibility index (Phi) is 5.64. The van der Waals surface area contributed by atoms with E-state index in [1.54, 1.807) is 18.3 Å². The van der Waals surface area contributed by atoms with Crippen molar-refractivity contribution in [3.05, 3.63) is 59.9 Å². The molecule has 1 N–H and O–H groups in total. The molecule has 114 valence electrons. The van der Waals surface area contributed by atoms with E-state index in [1.165, 1.54) is 12.1 Å². The molecular weight excluding hydrogens is 298 g/mol. The number of unbranched alkanes of at least 4 members (excludes halogenated alkanes) is 1. The van der Waals surface area contributed by atoms with Gasteiger partial charge in [0, 0.05) is 18.9 Å². The van der Waals surface area contributed by atoms with Crippen LogP contribution in [0.1, 0.15) is 24.0 Å². The first-order chi connectivity index (χ1) is 10.6. The van der Waals surface area contributed by atoms with Crippen LogP contribution in [0.25, 0.3) is 0 Å². The van der Waals surface area contributed by atoms with Crippen LogP contribution in [0.5, 0.6) is 0 Å². The topological polar surface area (TPSA) is 82.8 Å². The van der Waals surface area contributed by atoms with Gasteiger partial charge in [-0.1, -0.05) is 18.2 Å². The molecule has 2 rings (SSSR count). The van der Waals surface area contributed by atoms with Gasteiger partial charge in [0.1, 0.15) is 6.07 Å². The molecule has 0 radical (unpaired) electrons. The predicted octanol–water partition coefficient (Wildman–Crippen LogP) is 2.25. The summed E-state index contributed by atoms with van der Waals surface area (Å²) < 4.78 is 26.9. The van der Waals surface area contributed by atoms with Crippen molar-refractivity contribution in [3.8, 4) is 6.07 Å². The van der Waals surface area contributed by atoms with E-state index in [0.717, 1.165) is 24.8 Å². The quantitative estimate of drug-likeness (QED) is 0.794. The summed E-state index contributed by atoms with van der Waals surface area (Å²) in [6.07, 6.45) is 6.00. The number of nitrogens with one attached hydrogen (secondary N) is 1. The molecule has 0 aliphatic heterocycles. The Bertz CT molecular complexity index is 752. The SMILES string of the molecule is N#Cc1ccccc1S(=O)(=O)NCCCCc1cccnc1. The van der Waals surface area contributed by atoms with E-state index in [9.17, 15) is 8.42 Å². The van der Waals surface area contributed by atoms with Crippen molar-refractivity contribution >= 4 is 10.0 Å². The molecule has 2 aromatic rings. The van der Waals surface area contributed by atoms with Crippen molar-refractivity contribution in [2.24, 2.45) is 0 Å². The summed E-state index contributed by atoms with van der Waals surface area (Å²) in [5.41, 5.74) is 1.30. The van der Waals surface area contributed by atoms with E-state index < -0.39 is 10.0 Å². The number of nitrogens with zero attached hydrogens (tertiary/aromatic N) is 2. The lowest BCUT2D eigenvalue weighted by Crippen LogP contribution is -2.25. The Hall–Kier alpha value is -2.23. The first-order valence-corrected chi connectivity index (χ1v) is 8.49. The van der Waals surface area contributed by atoms with Crippen molar-refractivity contribution < 1.29 is 8.42 Å². The molecule has 0 aliphatic rings. The predicted molar refractivity (Wildman–Crippen MR) is 83.5 cm³/mol. The third-order valence-electron chi connectivity index (χ3n) is 3.20. The summed E-state index contributed by atoms with van der Waals surface area (Å²) in [4.78, 5) is 4.07. The van der Waals surface area contributed by atoms with Gasteiger partial charge in [0.2, 0.25) is 10.0 Å². The lowest BCUT2D eigenvalue weighted by atomic mass is 10.1. The highest BCUT2D eigenvalue weighted by atomic mass is 32.2. The largest absolute Gasteiger partial charge is 0.264 e. The van der Waals surface area contributed by atoms with Gasteiger partial charge in [0.25, 0.3) is 0 Å². The fraction of sp³-hybridized carbons (Fsp3) is 0.250. The Morgan fingerprint density at radius 1 is 1.14 bits per heavy atom. The molecule has 22 heavy (non-hydrogen) atoms. The van der Waals surface area contributed by atoms with Gasteiger partial charge < -0.3 is 0 Å². The summed E-state index contributed by atoms with van der Waals surface area (Å²) in [7, 11) is -3.63. The zero-order chi connectivity index (χ0) is 15.8. The van der Waals surface area contributed by atoms with Gasteiger partial charge in [-0.2, -0.15) is 5.26 Å². The fourth-order valence-corrected chi connectivity index (χ4v) is 3.31. The highest BCUT2D eigenvalue weighted by Crippen LogP contribution is 2.14. The summed E-state index contributed by atoms with van der Waals surface area (Å²) in [6.45, 7) is 0.350. The Labute approximate surface area is 130 Å². The van der Waals surface area contributed by atoms with Crippen molar-refractivity contribution in [1.29, 1.82) is 5.26 Å². The van der Waals surface area contributed by atoms with Crippen molar-refractivity contribution in [1.82, 2.24) is 9.71 Å². The Balaban J connectivity index is 1.85. The van der Waals surface area contributed by atoms with E-state index >= 15 is 0 Å². The summed E-state index contributed by atoms with van der Waals surface area (Å²) in [5.74, 6) is 0. The standard InChI is InChI=1S/C16H17N3O2S/c17-12-15-8-1-2-9-16(15)22(20,21)19-11-4-3-6-14-7-5-10-18-13-14/h1-2,5,7-10,13,19H,3-4,6,11H2. The molecule has 0 fully saturated rings. The summed E-state index contributed by atoms with van der Waals surface area (Å²) >= 11 is 0. The number of pyridine rings is 1. The van der Waals surface area contributed by atoms with Gasteiger partial charge in [-0.3, -0.25) is 4.98 Å². The number of benzene rings is 1. The van der Waals surface area contributed by atoms with E-state index in [0.29, 0.717) is 6.54 Å². The average molecular weight is 315 g/mol. The van der Waals surface area contributed by atoms with Crippen molar-refractivity contribution in [3.63, 3.8) is 0 Å². The maximum atomic E-state index is 12.2. The number of hydrogen-bond acceptors (Lipinski definition) is 4. The first kappa shape index (κ1) is 16.1. The smallest absolute Gasteiger partial charge is 0.241 e. The van der Waals surface area contributed by atoms with Gasteiger partial charge in [-0.15, -0.1) is 0 Å². The monoisotopic (exact) mass is 315 g/mol. The number of rotatable bonds is 7. The Morgan fingerprint density at radius 2 is 1.95 bits per heavy atom. The molecule has 6 heteroatoms. The van der Waals surface area contributed by atoms with Crippen LogP contribution in [0.4, 0.5) is 0 Å². The highest BCUT2D eigenvalue weighted by molar-refractivity contribution is 7.89. The molecule has 1 aromatic carbocycles. The molecule has 5 nitrogen and oxygen atoms in total. The van der Waals surface area contributed by atoms with Crippen LogP contribution in [0.2, 0.25) is 0 Å². The Morgan fingerprint density at radius 3 is 2.68 bits per heavy atom. The van der Waals surface area contributed by atoms with Gasteiger partial charge in [-0.25, -0.2) is 13.1 Å². The van der Waals surface area contributed by atoms with Crippen molar-refractivity contribution in [2.45, 2.75) is 24.2 Å². The zero-order valence-corrected chi connectivity index (χ0v) is 12.9. The van der Waals surface area contributed by atoms with Crippen LogP contribution in [-0.4, -0.2) is 19.9 Å². The molecule has 0 spiro atoms. The van der Waals surface area contributed by atoms with Crippen LogP contribution >= 0.6 is 0 Å². The second kappa shape index (κ2) is 7.69. The van der Waals surface area contributed by atoms with E-state index in [4.69, 9.17) is 5.26 Å². The molecule has 0 amide bonds. The molecule has 0 saturated carbocycles. The second-order valence-electron chi connectivity index (χ2n) is 4.82. The van der Waals surface area contributed by atoms with Crippen LogP contribution in [0.15, 0.2) is 53.7 Å². The number of hydrogen-bond donors (Lipinski definition) is 1. The number of nitriles is 1. The minimum absolute atomic E-state index is 0.0322. The highest BCUT2D eigenvalue weighted by Gasteiger charge is 2.17.